The van der Waals surface area contributed by atoms with Crippen molar-refractivity contribution in [2.24, 2.45) is 5.92 Å². The maximum absolute atomic E-state index is 11.9. The average molecular weight is 296 g/mol. The fourth-order valence-corrected chi connectivity index (χ4v) is 2.61. The van der Waals surface area contributed by atoms with Crippen molar-refractivity contribution in [2.75, 3.05) is 0 Å². The zero-order chi connectivity index (χ0) is 15.4. The van der Waals surface area contributed by atoms with E-state index in [-0.39, 0.29) is 5.91 Å². The number of amides is 1. The number of hydrogen-bond acceptors (Lipinski definition) is 3. The Morgan fingerprint density at radius 3 is 2.91 bits per heavy atom. The maximum Gasteiger partial charge on any atom is 0.220 e. The van der Waals surface area contributed by atoms with Crippen LogP contribution in [0, 0.1) is 12.8 Å². The van der Waals surface area contributed by atoms with Gasteiger partial charge in [-0.05, 0) is 25.7 Å². The number of nitrogens with zero attached hydrogens (tertiary/aromatic N) is 1. The third-order valence-corrected chi connectivity index (χ3v) is 3.92. The largest absolute Gasteiger partial charge is 0.356 e. The number of hydrogen-bond donors (Lipinski definition) is 1. The standard InChI is InChI=1S/C18H20N2O2/c1-13-6-8-15(9-7-13)17-11-16(20-22-17)12-19-18(21)10-14-4-2-3-5-14/h2,4,6-9,11,14H,3,5,10,12H2,1H3,(H,19,21)/t14-/m0/s1. The number of benzene rings is 1. The van der Waals surface area contributed by atoms with Crippen LogP contribution in [0.25, 0.3) is 11.3 Å². The van der Waals surface area contributed by atoms with Gasteiger partial charge in [0.15, 0.2) is 5.76 Å². The predicted octanol–water partition coefficient (Wildman–Crippen LogP) is 3.62. The number of aromatic nitrogens is 1. The molecule has 1 amide bonds. The van der Waals surface area contributed by atoms with Crippen LogP contribution >= 0.6 is 0 Å². The van der Waals surface area contributed by atoms with E-state index in [0.717, 1.165) is 29.9 Å². The molecule has 3 rings (SSSR count). The summed E-state index contributed by atoms with van der Waals surface area (Å²) < 4.78 is 5.34. The zero-order valence-electron chi connectivity index (χ0n) is 12.7. The molecule has 1 atom stereocenters. The third kappa shape index (κ3) is 3.64. The van der Waals surface area contributed by atoms with Crippen LogP contribution in [-0.2, 0) is 11.3 Å². The molecule has 1 aromatic carbocycles. The Morgan fingerprint density at radius 2 is 2.18 bits per heavy atom. The highest BCUT2D eigenvalue weighted by molar-refractivity contribution is 5.76. The van der Waals surface area contributed by atoms with Gasteiger partial charge < -0.3 is 9.84 Å². The summed E-state index contributed by atoms with van der Waals surface area (Å²) in [5, 5.41) is 6.92. The first kappa shape index (κ1) is 14.6. The van der Waals surface area contributed by atoms with Crippen molar-refractivity contribution in [2.45, 2.75) is 32.7 Å². The number of aryl methyl sites for hydroxylation is 1. The van der Waals surface area contributed by atoms with Crippen LogP contribution in [-0.4, -0.2) is 11.1 Å². The number of carbonyl (C=O) groups is 1. The van der Waals surface area contributed by atoms with E-state index in [0.29, 0.717) is 18.9 Å². The van der Waals surface area contributed by atoms with Crippen molar-refractivity contribution >= 4 is 5.91 Å². The lowest BCUT2D eigenvalue weighted by atomic mass is 10.1. The predicted molar refractivity (Wildman–Crippen MR) is 85.0 cm³/mol. The molecule has 1 aliphatic carbocycles. The lowest BCUT2D eigenvalue weighted by molar-refractivity contribution is -0.121. The Hall–Kier alpha value is -2.36. The van der Waals surface area contributed by atoms with E-state index in [9.17, 15) is 4.79 Å². The highest BCUT2D eigenvalue weighted by Crippen LogP contribution is 2.21. The van der Waals surface area contributed by atoms with Crippen LogP contribution < -0.4 is 5.32 Å². The Bertz CT molecular complexity index is 671. The van der Waals surface area contributed by atoms with Gasteiger partial charge in [0.25, 0.3) is 0 Å². The molecule has 4 heteroatoms. The van der Waals surface area contributed by atoms with E-state index in [1.807, 2.05) is 37.3 Å². The molecule has 1 aliphatic rings. The summed E-state index contributed by atoms with van der Waals surface area (Å²) in [6.07, 6.45) is 6.99. The maximum atomic E-state index is 11.9. The van der Waals surface area contributed by atoms with Gasteiger partial charge >= 0.3 is 0 Å². The monoisotopic (exact) mass is 296 g/mol. The lowest BCUT2D eigenvalue weighted by Crippen LogP contribution is -2.24. The van der Waals surface area contributed by atoms with Gasteiger partial charge in [-0.25, -0.2) is 0 Å². The molecule has 1 heterocycles. The summed E-state index contributed by atoms with van der Waals surface area (Å²) in [4.78, 5) is 11.9. The van der Waals surface area contributed by atoms with Crippen molar-refractivity contribution in [3.8, 4) is 11.3 Å². The fourth-order valence-electron chi connectivity index (χ4n) is 2.61. The molecule has 0 bridgehead atoms. The van der Waals surface area contributed by atoms with Gasteiger partial charge in [0.2, 0.25) is 5.91 Å². The highest BCUT2D eigenvalue weighted by Gasteiger charge is 2.14. The van der Waals surface area contributed by atoms with E-state index in [1.165, 1.54) is 5.56 Å². The van der Waals surface area contributed by atoms with Crippen molar-refractivity contribution in [3.63, 3.8) is 0 Å². The Balaban J connectivity index is 1.54. The van der Waals surface area contributed by atoms with Gasteiger partial charge in [-0.1, -0.05) is 47.1 Å². The molecule has 0 radical (unpaired) electrons. The number of rotatable bonds is 5. The summed E-state index contributed by atoms with van der Waals surface area (Å²) in [6.45, 7) is 2.45. The number of allylic oxidation sites excluding steroid dienone is 2. The molecule has 0 saturated heterocycles. The second-order valence-corrected chi connectivity index (χ2v) is 5.79. The van der Waals surface area contributed by atoms with E-state index in [4.69, 9.17) is 4.52 Å². The summed E-state index contributed by atoms with van der Waals surface area (Å²) in [5.41, 5.74) is 2.94. The summed E-state index contributed by atoms with van der Waals surface area (Å²) in [7, 11) is 0. The van der Waals surface area contributed by atoms with Gasteiger partial charge in [-0.3, -0.25) is 4.79 Å². The minimum absolute atomic E-state index is 0.0661. The van der Waals surface area contributed by atoms with Gasteiger partial charge in [-0.2, -0.15) is 0 Å². The van der Waals surface area contributed by atoms with Crippen LogP contribution in [0.5, 0.6) is 0 Å². The third-order valence-electron chi connectivity index (χ3n) is 3.92. The molecule has 1 N–H and O–H groups in total. The Kier molecular flexibility index (Phi) is 4.37. The SMILES string of the molecule is Cc1ccc(-c2cc(CNC(=O)C[C@H]3C=CCC3)no2)cc1. The first-order valence-corrected chi connectivity index (χ1v) is 7.67. The van der Waals surface area contributed by atoms with Crippen LogP contribution in [0.15, 0.2) is 47.0 Å². The van der Waals surface area contributed by atoms with Crippen LogP contribution in [0.3, 0.4) is 0 Å². The van der Waals surface area contributed by atoms with Gasteiger partial charge in [0.05, 0.1) is 6.54 Å². The first-order chi connectivity index (χ1) is 10.7. The molecular weight excluding hydrogens is 276 g/mol. The van der Waals surface area contributed by atoms with E-state index in [2.05, 4.69) is 22.6 Å². The van der Waals surface area contributed by atoms with Gasteiger partial charge in [-0.15, -0.1) is 0 Å². The molecule has 0 aliphatic heterocycles. The highest BCUT2D eigenvalue weighted by atomic mass is 16.5. The summed E-state index contributed by atoms with van der Waals surface area (Å²) in [5.74, 6) is 1.18. The molecule has 0 unspecified atom stereocenters. The molecule has 1 aromatic heterocycles. The topological polar surface area (TPSA) is 55.1 Å². The molecule has 4 nitrogen and oxygen atoms in total. The smallest absolute Gasteiger partial charge is 0.220 e. The molecule has 0 saturated carbocycles. The minimum Gasteiger partial charge on any atom is -0.356 e. The Labute approximate surface area is 130 Å². The van der Waals surface area contributed by atoms with Gasteiger partial charge in [0, 0.05) is 18.1 Å². The molecule has 114 valence electrons. The Morgan fingerprint density at radius 1 is 1.36 bits per heavy atom. The molecule has 2 aromatic rings. The normalized spacial score (nSPS) is 16.9. The second kappa shape index (κ2) is 6.60. The van der Waals surface area contributed by atoms with Crippen LogP contribution in [0.1, 0.15) is 30.5 Å². The zero-order valence-corrected chi connectivity index (χ0v) is 12.7. The van der Waals surface area contributed by atoms with Gasteiger partial charge in [0.1, 0.15) is 5.69 Å². The van der Waals surface area contributed by atoms with E-state index < -0.39 is 0 Å². The molecular formula is C18H20N2O2. The van der Waals surface area contributed by atoms with Crippen LogP contribution in [0.2, 0.25) is 0 Å². The van der Waals surface area contributed by atoms with Crippen LogP contribution in [0.4, 0.5) is 0 Å². The van der Waals surface area contributed by atoms with E-state index in [1.54, 1.807) is 0 Å². The minimum atomic E-state index is 0.0661. The number of carbonyl (C=O) groups excluding carboxylic acids is 1. The number of nitrogens with one attached hydrogen (secondary N) is 1. The summed E-state index contributed by atoms with van der Waals surface area (Å²) >= 11 is 0. The van der Waals surface area contributed by atoms with Crippen molar-refractivity contribution in [1.82, 2.24) is 10.5 Å². The lowest BCUT2D eigenvalue weighted by Gasteiger charge is -2.07. The van der Waals surface area contributed by atoms with Crippen molar-refractivity contribution in [3.05, 3.63) is 53.7 Å². The first-order valence-electron chi connectivity index (χ1n) is 7.67. The van der Waals surface area contributed by atoms with Crippen molar-refractivity contribution in [1.29, 1.82) is 0 Å². The molecule has 22 heavy (non-hydrogen) atoms. The average Bonchev–Trinajstić information content (AvgIpc) is 3.17. The second-order valence-electron chi connectivity index (χ2n) is 5.79. The quantitative estimate of drug-likeness (QED) is 0.857. The summed E-state index contributed by atoms with van der Waals surface area (Å²) in [6, 6.07) is 9.96. The van der Waals surface area contributed by atoms with Crippen molar-refractivity contribution < 1.29 is 9.32 Å². The molecule has 0 fully saturated rings. The van der Waals surface area contributed by atoms with E-state index >= 15 is 0 Å². The molecule has 0 spiro atoms. The fraction of sp³-hybridized carbons (Fsp3) is 0.333.